The highest BCUT2D eigenvalue weighted by molar-refractivity contribution is 5.71. The standard InChI is InChI=1S/C43H82O6/c1-6-7-8-9-16-23-28-33-41(44)47-36-40(49-43(46)35-30-25-20-15-14-18-22-27-32-39(4)5)37-48-42(45)34-29-24-19-13-11-10-12-17-21-26-31-38(2)3/h38-40H,6-37H2,1-5H3/t40-/m0/s1. The van der Waals surface area contributed by atoms with Crippen molar-refractivity contribution in [3.63, 3.8) is 0 Å². The van der Waals surface area contributed by atoms with E-state index in [4.69, 9.17) is 14.2 Å². The van der Waals surface area contributed by atoms with Crippen LogP contribution < -0.4 is 0 Å². The van der Waals surface area contributed by atoms with Crippen LogP contribution in [0.1, 0.15) is 227 Å². The molecule has 0 heterocycles. The summed E-state index contributed by atoms with van der Waals surface area (Å²) in [6.07, 6.45) is 32.5. The molecule has 0 fully saturated rings. The minimum absolute atomic E-state index is 0.0662. The van der Waals surface area contributed by atoms with Crippen LogP contribution in [0.5, 0.6) is 0 Å². The van der Waals surface area contributed by atoms with E-state index in [1.165, 1.54) is 116 Å². The van der Waals surface area contributed by atoms with Crippen LogP contribution in [0.3, 0.4) is 0 Å². The quantitative estimate of drug-likeness (QED) is 0.0366. The Morgan fingerprint density at radius 3 is 1.00 bits per heavy atom. The fourth-order valence-corrected chi connectivity index (χ4v) is 6.22. The van der Waals surface area contributed by atoms with Crippen LogP contribution in [0.4, 0.5) is 0 Å². The first-order valence-corrected chi connectivity index (χ1v) is 21.2. The van der Waals surface area contributed by atoms with Gasteiger partial charge in [0.25, 0.3) is 0 Å². The second kappa shape index (κ2) is 36.2. The lowest BCUT2D eigenvalue weighted by atomic mass is 10.0. The summed E-state index contributed by atoms with van der Waals surface area (Å²) in [5.74, 6) is 0.742. The second-order valence-electron chi connectivity index (χ2n) is 15.6. The van der Waals surface area contributed by atoms with E-state index in [2.05, 4.69) is 34.6 Å². The van der Waals surface area contributed by atoms with Gasteiger partial charge in [-0.15, -0.1) is 0 Å². The molecule has 0 saturated heterocycles. The summed E-state index contributed by atoms with van der Waals surface area (Å²) in [4.78, 5) is 37.5. The number of hydrogen-bond donors (Lipinski definition) is 0. The van der Waals surface area contributed by atoms with Gasteiger partial charge >= 0.3 is 17.9 Å². The molecule has 0 spiro atoms. The zero-order valence-electron chi connectivity index (χ0n) is 33.3. The SMILES string of the molecule is CCCCCCCCCC(=O)OC[C@@H](COC(=O)CCCCCCCCCCCCC(C)C)OC(=O)CCCCCCCCCCC(C)C. The summed E-state index contributed by atoms with van der Waals surface area (Å²) < 4.78 is 16.6. The molecule has 0 N–H and O–H groups in total. The third-order valence-corrected chi connectivity index (χ3v) is 9.47. The van der Waals surface area contributed by atoms with Gasteiger partial charge in [0.15, 0.2) is 6.10 Å². The van der Waals surface area contributed by atoms with Gasteiger partial charge in [-0.25, -0.2) is 0 Å². The average molecular weight is 695 g/mol. The van der Waals surface area contributed by atoms with Crippen molar-refractivity contribution in [3.8, 4) is 0 Å². The van der Waals surface area contributed by atoms with Crippen LogP contribution in [0.15, 0.2) is 0 Å². The molecule has 49 heavy (non-hydrogen) atoms. The first kappa shape index (κ1) is 47.4. The van der Waals surface area contributed by atoms with E-state index >= 15 is 0 Å². The molecule has 6 heteroatoms. The molecule has 0 unspecified atom stereocenters. The predicted molar refractivity (Wildman–Crippen MR) is 206 cm³/mol. The van der Waals surface area contributed by atoms with E-state index in [-0.39, 0.29) is 31.1 Å². The van der Waals surface area contributed by atoms with Gasteiger partial charge in [-0.1, -0.05) is 189 Å². The van der Waals surface area contributed by atoms with Crippen molar-refractivity contribution < 1.29 is 28.6 Å². The zero-order valence-corrected chi connectivity index (χ0v) is 33.3. The minimum Gasteiger partial charge on any atom is -0.462 e. The van der Waals surface area contributed by atoms with Gasteiger partial charge in [-0.2, -0.15) is 0 Å². The summed E-state index contributed by atoms with van der Waals surface area (Å²) in [6.45, 7) is 11.2. The molecule has 0 aliphatic rings. The molecule has 0 radical (unpaired) electrons. The summed E-state index contributed by atoms with van der Waals surface area (Å²) in [5, 5.41) is 0. The molecule has 0 rings (SSSR count). The monoisotopic (exact) mass is 695 g/mol. The molecule has 0 saturated carbocycles. The molecule has 1 atom stereocenters. The number of hydrogen-bond acceptors (Lipinski definition) is 6. The fraction of sp³-hybridized carbons (Fsp3) is 0.930. The maximum absolute atomic E-state index is 12.6. The number of carbonyl (C=O) groups is 3. The van der Waals surface area contributed by atoms with E-state index in [1.807, 2.05) is 0 Å². The lowest BCUT2D eigenvalue weighted by Crippen LogP contribution is -2.30. The minimum atomic E-state index is -0.759. The third kappa shape index (κ3) is 37.5. The highest BCUT2D eigenvalue weighted by atomic mass is 16.6. The third-order valence-electron chi connectivity index (χ3n) is 9.47. The Labute approximate surface area is 304 Å². The van der Waals surface area contributed by atoms with Crippen molar-refractivity contribution in [1.29, 1.82) is 0 Å². The van der Waals surface area contributed by atoms with Crippen LogP contribution in [0, 0.1) is 11.8 Å². The van der Waals surface area contributed by atoms with E-state index in [0.717, 1.165) is 69.6 Å². The molecule has 0 aromatic rings. The van der Waals surface area contributed by atoms with Gasteiger partial charge < -0.3 is 14.2 Å². The van der Waals surface area contributed by atoms with Crippen molar-refractivity contribution in [3.05, 3.63) is 0 Å². The summed E-state index contributed by atoms with van der Waals surface area (Å²) >= 11 is 0. The van der Waals surface area contributed by atoms with Crippen LogP contribution in [0.2, 0.25) is 0 Å². The van der Waals surface area contributed by atoms with Gasteiger partial charge in [0.2, 0.25) is 0 Å². The van der Waals surface area contributed by atoms with Crippen molar-refractivity contribution in [2.75, 3.05) is 13.2 Å². The summed E-state index contributed by atoms with van der Waals surface area (Å²) in [5.41, 5.74) is 0. The van der Waals surface area contributed by atoms with E-state index in [9.17, 15) is 14.4 Å². The number of esters is 3. The smallest absolute Gasteiger partial charge is 0.306 e. The maximum Gasteiger partial charge on any atom is 0.306 e. The molecular formula is C43H82O6. The van der Waals surface area contributed by atoms with Crippen molar-refractivity contribution in [2.45, 2.75) is 233 Å². The normalized spacial score (nSPS) is 12.1. The molecule has 0 bridgehead atoms. The lowest BCUT2D eigenvalue weighted by molar-refractivity contribution is -0.167. The van der Waals surface area contributed by atoms with Gasteiger partial charge in [-0.3, -0.25) is 14.4 Å². The zero-order chi connectivity index (χ0) is 36.2. The fourth-order valence-electron chi connectivity index (χ4n) is 6.22. The molecule has 0 amide bonds. The van der Waals surface area contributed by atoms with Crippen LogP contribution in [-0.4, -0.2) is 37.2 Å². The highest BCUT2D eigenvalue weighted by Crippen LogP contribution is 2.16. The number of ether oxygens (including phenoxy) is 3. The van der Waals surface area contributed by atoms with Crippen molar-refractivity contribution in [1.82, 2.24) is 0 Å². The van der Waals surface area contributed by atoms with Crippen LogP contribution >= 0.6 is 0 Å². The molecule has 0 aliphatic heterocycles. The van der Waals surface area contributed by atoms with Crippen molar-refractivity contribution >= 4 is 17.9 Å². The molecule has 0 aromatic heterocycles. The van der Waals surface area contributed by atoms with Gasteiger partial charge in [0, 0.05) is 19.3 Å². The van der Waals surface area contributed by atoms with E-state index in [0.29, 0.717) is 19.3 Å². The van der Waals surface area contributed by atoms with E-state index in [1.54, 1.807) is 0 Å². The Bertz CT molecular complexity index is 749. The number of unbranched alkanes of at least 4 members (excludes halogenated alkanes) is 22. The largest absolute Gasteiger partial charge is 0.462 e. The summed E-state index contributed by atoms with van der Waals surface area (Å²) in [6, 6.07) is 0. The maximum atomic E-state index is 12.6. The van der Waals surface area contributed by atoms with Gasteiger partial charge in [0.05, 0.1) is 0 Å². The first-order chi connectivity index (χ1) is 23.7. The van der Waals surface area contributed by atoms with E-state index < -0.39 is 6.10 Å². The Balaban J connectivity index is 4.30. The van der Waals surface area contributed by atoms with Gasteiger partial charge in [0.1, 0.15) is 13.2 Å². The number of rotatable bonds is 37. The second-order valence-corrected chi connectivity index (χ2v) is 15.6. The Kier molecular flexibility index (Phi) is 35.0. The van der Waals surface area contributed by atoms with Crippen LogP contribution in [0.25, 0.3) is 0 Å². The van der Waals surface area contributed by atoms with Gasteiger partial charge in [-0.05, 0) is 31.1 Å². The average Bonchev–Trinajstić information content (AvgIpc) is 3.06. The molecule has 0 aliphatic carbocycles. The summed E-state index contributed by atoms with van der Waals surface area (Å²) in [7, 11) is 0. The molecule has 0 aromatic carbocycles. The molecule has 6 nitrogen and oxygen atoms in total. The first-order valence-electron chi connectivity index (χ1n) is 21.2. The Morgan fingerprint density at radius 1 is 0.388 bits per heavy atom. The lowest BCUT2D eigenvalue weighted by Gasteiger charge is -2.18. The van der Waals surface area contributed by atoms with Crippen molar-refractivity contribution in [2.24, 2.45) is 11.8 Å². The van der Waals surface area contributed by atoms with Crippen LogP contribution in [-0.2, 0) is 28.6 Å². The highest BCUT2D eigenvalue weighted by Gasteiger charge is 2.19. The molecule has 290 valence electrons. The Morgan fingerprint density at radius 2 is 0.673 bits per heavy atom. The topological polar surface area (TPSA) is 78.9 Å². The Hall–Kier alpha value is -1.59. The number of carbonyl (C=O) groups excluding carboxylic acids is 3. The molecular weight excluding hydrogens is 612 g/mol. The predicted octanol–water partition coefficient (Wildman–Crippen LogP) is 13.0.